The Labute approximate surface area is 121 Å². The van der Waals surface area contributed by atoms with E-state index in [2.05, 4.69) is 16.9 Å². The van der Waals surface area contributed by atoms with Gasteiger partial charge in [0.2, 0.25) is 0 Å². The van der Waals surface area contributed by atoms with Crippen LogP contribution < -0.4 is 0 Å². The molecule has 0 aromatic carbocycles. The van der Waals surface area contributed by atoms with E-state index in [1.165, 1.54) is 12.1 Å². The molecule has 2 aliphatic carbocycles. The third-order valence-corrected chi connectivity index (χ3v) is 5.16. The van der Waals surface area contributed by atoms with Gasteiger partial charge in [-0.25, -0.2) is 9.97 Å². The van der Waals surface area contributed by atoms with Crippen LogP contribution in [0, 0.1) is 24.7 Å². The second kappa shape index (κ2) is 5.63. The molecule has 0 aliphatic heterocycles. The summed E-state index contributed by atoms with van der Waals surface area (Å²) in [6, 6.07) is 2.04. The van der Waals surface area contributed by atoms with Crippen LogP contribution in [-0.2, 0) is 4.79 Å². The molecule has 2 atom stereocenters. The quantitative estimate of drug-likeness (QED) is 0.839. The first-order chi connectivity index (χ1) is 9.69. The number of ketones is 1. The van der Waals surface area contributed by atoms with Crippen molar-refractivity contribution in [1.82, 2.24) is 9.97 Å². The van der Waals surface area contributed by atoms with Crippen molar-refractivity contribution in [3.63, 3.8) is 0 Å². The van der Waals surface area contributed by atoms with Crippen LogP contribution in [0.2, 0.25) is 0 Å². The van der Waals surface area contributed by atoms with Gasteiger partial charge in [0.25, 0.3) is 0 Å². The number of Topliss-reactive ketones (excluding diaryl/α,β-unsaturated/α-hetero) is 1. The van der Waals surface area contributed by atoms with Crippen LogP contribution in [0.4, 0.5) is 0 Å². The zero-order valence-electron chi connectivity index (χ0n) is 12.5. The van der Waals surface area contributed by atoms with E-state index in [0.717, 1.165) is 37.9 Å². The van der Waals surface area contributed by atoms with Crippen LogP contribution in [0.1, 0.15) is 62.9 Å². The zero-order chi connectivity index (χ0) is 14.1. The van der Waals surface area contributed by atoms with Gasteiger partial charge in [-0.05, 0) is 51.0 Å². The number of aryl methyl sites for hydroxylation is 1. The lowest BCUT2D eigenvalue weighted by atomic mass is 9.77. The standard InChI is InChI=1S/C17H24N2O/c1-3-12-10-15(12)17(20)14-6-4-13(5-7-14)16-8-9-18-11(2)19-16/h8-9,12-15H,3-7,10H2,1-2H3. The molecule has 0 bridgehead atoms. The van der Waals surface area contributed by atoms with E-state index in [-0.39, 0.29) is 0 Å². The summed E-state index contributed by atoms with van der Waals surface area (Å²) in [6.07, 6.45) is 8.50. The van der Waals surface area contributed by atoms with Crippen LogP contribution in [-0.4, -0.2) is 15.8 Å². The molecule has 1 heterocycles. The summed E-state index contributed by atoms with van der Waals surface area (Å²) in [5, 5.41) is 0. The van der Waals surface area contributed by atoms with E-state index < -0.39 is 0 Å². The average molecular weight is 272 g/mol. The molecule has 108 valence electrons. The number of carbonyl (C=O) groups is 1. The van der Waals surface area contributed by atoms with Gasteiger partial charge in [-0.15, -0.1) is 0 Å². The third kappa shape index (κ3) is 2.77. The summed E-state index contributed by atoms with van der Waals surface area (Å²) in [5.41, 5.74) is 1.17. The Kier molecular flexibility index (Phi) is 3.86. The summed E-state index contributed by atoms with van der Waals surface area (Å²) < 4.78 is 0. The van der Waals surface area contributed by atoms with Crippen molar-refractivity contribution < 1.29 is 4.79 Å². The fourth-order valence-electron chi connectivity index (χ4n) is 3.73. The molecule has 3 nitrogen and oxygen atoms in total. The maximum Gasteiger partial charge on any atom is 0.139 e. The van der Waals surface area contributed by atoms with Crippen molar-refractivity contribution in [2.24, 2.45) is 17.8 Å². The van der Waals surface area contributed by atoms with E-state index in [4.69, 9.17) is 0 Å². The second-order valence-electron chi connectivity index (χ2n) is 6.49. The summed E-state index contributed by atoms with van der Waals surface area (Å²) >= 11 is 0. The van der Waals surface area contributed by atoms with Crippen molar-refractivity contribution in [3.05, 3.63) is 23.8 Å². The van der Waals surface area contributed by atoms with E-state index >= 15 is 0 Å². The Morgan fingerprint density at radius 2 is 2.05 bits per heavy atom. The monoisotopic (exact) mass is 272 g/mol. The zero-order valence-corrected chi connectivity index (χ0v) is 12.5. The predicted molar refractivity (Wildman–Crippen MR) is 78.4 cm³/mol. The van der Waals surface area contributed by atoms with Crippen molar-refractivity contribution in [1.29, 1.82) is 0 Å². The van der Waals surface area contributed by atoms with E-state index in [9.17, 15) is 4.79 Å². The first-order valence-corrected chi connectivity index (χ1v) is 8.02. The molecule has 0 N–H and O–H groups in total. The summed E-state index contributed by atoms with van der Waals surface area (Å²) in [5.74, 6) is 3.38. The number of hydrogen-bond acceptors (Lipinski definition) is 3. The fraction of sp³-hybridized carbons (Fsp3) is 0.706. The molecule has 0 radical (unpaired) electrons. The van der Waals surface area contributed by atoms with Crippen molar-refractivity contribution in [2.75, 3.05) is 0 Å². The topological polar surface area (TPSA) is 42.9 Å². The van der Waals surface area contributed by atoms with Crippen molar-refractivity contribution in [3.8, 4) is 0 Å². The smallest absolute Gasteiger partial charge is 0.139 e. The molecular formula is C17H24N2O. The van der Waals surface area contributed by atoms with Crippen LogP contribution >= 0.6 is 0 Å². The second-order valence-corrected chi connectivity index (χ2v) is 6.49. The minimum absolute atomic E-state index is 0.329. The SMILES string of the molecule is CCC1CC1C(=O)C1CCC(c2ccnc(C)n2)CC1. The van der Waals surface area contributed by atoms with Crippen molar-refractivity contribution >= 4 is 5.78 Å². The number of hydrogen-bond donors (Lipinski definition) is 0. The Hall–Kier alpha value is -1.25. The van der Waals surface area contributed by atoms with Crippen LogP contribution in [0.5, 0.6) is 0 Å². The van der Waals surface area contributed by atoms with Gasteiger partial charge in [-0.1, -0.05) is 13.3 Å². The van der Waals surface area contributed by atoms with Crippen LogP contribution in [0.25, 0.3) is 0 Å². The molecule has 2 aliphatic rings. The number of aromatic nitrogens is 2. The van der Waals surface area contributed by atoms with Gasteiger partial charge in [0.05, 0.1) is 0 Å². The Morgan fingerprint density at radius 1 is 1.30 bits per heavy atom. The minimum atomic E-state index is 0.329. The molecule has 3 rings (SSSR count). The lowest BCUT2D eigenvalue weighted by Crippen LogP contribution is -2.23. The Morgan fingerprint density at radius 3 is 2.65 bits per heavy atom. The van der Waals surface area contributed by atoms with Gasteiger partial charge in [0, 0.05) is 29.6 Å². The van der Waals surface area contributed by atoms with E-state index in [1.807, 2.05) is 19.2 Å². The number of carbonyl (C=O) groups excluding carboxylic acids is 1. The highest BCUT2D eigenvalue weighted by Crippen LogP contribution is 2.46. The number of nitrogens with zero attached hydrogens (tertiary/aromatic N) is 2. The first kappa shape index (κ1) is 13.7. The average Bonchev–Trinajstić information content (AvgIpc) is 3.26. The molecule has 3 heteroatoms. The molecule has 0 saturated heterocycles. The summed E-state index contributed by atoms with van der Waals surface area (Å²) in [4.78, 5) is 21.1. The normalized spacial score (nSPS) is 32.9. The Balaban J connectivity index is 1.56. The maximum absolute atomic E-state index is 12.4. The highest BCUT2D eigenvalue weighted by Gasteiger charge is 2.44. The van der Waals surface area contributed by atoms with E-state index in [1.54, 1.807) is 0 Å². The van der Waals surface area contributed by atoms with Crippen molar-refractivity contribution in [2.45, 2.75) is 58.3 Å². The minimum Gasteiger partial charge on any atom is -0.299 e. The third-order valence-electron chi connectivity index (χ3n) is 5.16. The highest BCUT2D eigenvalue weighted by atomic mass is 16.1. The van der Waals surface area contributed by atoms with Crippen LogP contribution in [0.15, 0.2) is 12.3 Å². The van der Waals surface area contributed by atoms with Gasteiger partial charge < -0.3 is 0 Å². The molecule has 1 aromatic rings. The maximum atomic E-state index is 12.4. The lowest BCUT2D eigenvalue weighted by molar-refractivity contribution is -0.125. The number of rotatable bonds is 4. The predicted octanol–water partition coefficient (Wildman–Crippen LogP) is 3.67. The fourth-order valence-corrected chi connectivity index (χ4v) is 3.73. The molecule has 2 unspecified atom stereocenters. The summed E-state index contributed by atoms with van der Waals surface area (Å²) in [6.45, 7) is 4.14. The molecule has 1 aromatic heterocycles. The Bertz CT molecular complexity index is 492. The first-order valence-electron chi connectivity index (χ1n) is 8.02. The molecule has 2 saturated carbocycles. The van der Waals surface area contributed by atoms with E-state index in [0.29, 0.717) is 29.5 Å². The van der Waals surface area contributed by atoms with Crippen LogP contribution in [0.3, 0.4) is 0 Å². The molecule has 2 fully saturated rings. The van der Waals surface area contributed by atoms with Gasteiger partial charge in [0.1, 0.15) is 11.6 Å². The molecular weight excluding hydrogens is 248 g/mol. The largest absolute Gasteiger partial charge is 0.299 e. The molecule has 0 spiro atoms. The summed E-state index contributed by atoms with van der Waals surface area (Å²) in [7, 11) is 0. The van der Waals surface area contributed by atoms with Gasteiger partial charge in [-0.3, -0.25) is 4.79 Å². The molecule has 20 heavy (non-hydrogen) atoms. The van der Waals surface area contributed by atoms with Gasteiger partial charge in [0.15, 0.2) is 0 Å². The van der Waals surface area contributed by atoms with Gasteiger partial charge >= 0.3 is 0 Å². The highest BCUT2D eigenvalue weighted by molar-refractivity contribution is 5.86. The van der Waals surface area contributed by atoms with Gasteiger partial charge in [-0.2, -0.15) is 0 Å². The lowest BCUT2D eigenvalue weighted by Gasteiger charge is -2.27. The molecule has 0 amide bonds.